The second-order valence-corrected chi connectivity index (χ2v) is 5.55. The Morgan fingerprint density at radius 1 is 1.10 bits per heavy atom. The van der Waals surface area contributed by atoms with E-state index in [0.717, 1.165) is 17.0 Å². The van der Waals surface area contributed by atoms with Crippen LogP contribution >= 0.6 is 11.6 Å². The van der Waals surface area contributed by atoms with Crippen LogP contribution in [0.3, 0.4) is 0 Å². The first-order valence-electron chi connectivity index (χ1n) is 6.92. The van der Waals surface area contributed by atoms with Crippen LogP contribution in [-0.2, 0) is 0 Å². The van der Waals surface area contributed by atoms with E-state index >= 15 is 0 Å². The molecule has 0 aliphatic carbocycles. The van der Waals surface area contributed by atoms with Crippen molar-refractivity contribution in [2.24, 2.45) is 0 Å². The van der Waals surface area contributed by atoms with Crippen LogP contribution in [0.25, 0.3) is 0 Å². The van der Waals surface area contributed by atoms with Crippen molar-refractivity contribution in [1.82, 2.24) is 0 Å². The third-order valence-electron chi connectivity index (χ3n) is 3.12. The van der Waals surface area contributed by atoms with Gasteiger partial charge in [0.05, 0.1) is 10.7 Å². The number of aliphatic hydroxyl groups is 1. The predicted molar refractivity (Wildman–Crippen MR) is 87.4 cm³/mol. The second-order valence-electron chi connectivity index (χ2n) is 5.14. The first-order chi connectivity index (χ1) is 10.0. The van der Waals surface area contributed by atoms with Gasteiger partial charge in [0.25, 0.3) is 0 Å². The molecule has 112 valence electrons. The van der Waals surface area contributed by atoms with Crippen molar-refractivity contribution >= 4 is 17.3 Å². The summed E-state index contributed by atoms with van der Waals surface area (Å²) in [6.07, 6.45) is -0.608. The topological polar surface area (TPSA) is 41.5 Å². The largest absolute Gasteiger partial charge is 0.491 e. The minimum Gasteiger partial charge on any atom is -0.491 e. The number of aliphatic hydroxyl groups excluding tert-OH is 1. The Kier molecular flexibility index (Phi) is 5.48. The average molecular weight is 306 g/mol. The highest BCUT2D eigenvalue weighted by Gasteiger charge is 2.07. The fourth-order valence-electron chi connectivity index (χ4n) is 1.88. The van der Waals surface area contributed by atoms with E-state index in [0.29, 0.717) is 11.6 Å². The molecule has 21 heavy (non-hydrogen) atoms. The van der Waals surface area contributed by atoms with Gasteiger partial charge in [-0.25, -0.2) is 0 Å². The fraction of sp³-hybridized carbons (Fsp3) is 0.294. The van der Waals surface area contributed by atoms with E-state index in [9.17, 15) is 5.11 Å². The van der Waals surface area contributed by atoms with Crippen molar-refractivity contribution in [3.05, 3.63) is 58.6 Å². The number of hydrogen-bond donors (Lipinski definition) is 2. The summed E-state index contributed by atoms with van der Waals surface area (Å²) in [5.74, 6) is 0.757. The fourth-order valence-corrected chi connectivity index (χ4v) is 2.18. The Morgan fingerprint density at radius 3 is 2.43 bits per heavy atom. The number of aryl methyl sites for hydroxylation is 2. The molecule has 0 aromatic heterocycles. The van der Waals surface area contributed by atoms with Crippen molar-refractivity contribution in [1.29, 1.82) is 0 Å². The van der Waals surface area contributed by atoms with E-state index in [1.54, 1.807) is 0 Å². The lowest BCUT2D eigenvalue weighted by atomic mass is 10.2. The van der Waals surface area contributed by atoms with Gasteiger partial charge in [-0.2, -0.15) is 0 Å². The summed E-state index contributed by atoms with van der Waals surface area (Å²) >= 11 is 6.13. The number of rotatable bonds is 6. The summed E-state index contributed by atoms with van der Waals surface area (Å²) in [4.78, 5) is 0. The van der Waals surface area contributed by atoms with Crippen LogP contribution < -0.4 is 10.1 Å². The highest BCUT2D eigenvalue weighted by molar-refractivity contribution is 6.33. The summed E-state index contributed by atoms with van der Waals surface area (Å²) in [6.45, 7) is 4.63. The zero-order valence-corrected chi connectivity index (χ0v) is 13.0. The van der Waals surface area contributed by atoms with Crippen molar-refractivity contribution in [2.45, 2.75) is 20.0 Å². The van der Waals surface area contributed by atoms with Gasteiger partial charge >= 0.3 is 0 Å². The van der Waals surface area contributed by atoms with E-state index in [1.807, 2.05) is 56.3 Å². The maximum atomic E-state index is 9.94. The number of benzene rings is 2. The Bertz CT molecular complexity index is 584. The van der Waals surface area contributed by atoms with Crippen molar-refractivity contribution in [3.63, 3.8) is 0 Å². The molecule has 0 saturated heterocycles. The van der Waals surface area contributed by atoms with Gasteiger partial charge in [0.2, 0.25) is 0 Å². The standard InChI is InChI=1S/C17H20ClNO2/c1-12-3-6-15(7-4-12)21-11-14(20)10-19-17-8-5-13(2)9-16(17)18/h3-9,14,19-20H,10-11H2,1-2H3. The Labute approximate surface area is 130 Å². The zero-order valence-electron chi connectivity index (χ0n) is 12.3. The minimum absolute atomic E-state index is 0.236. The molecule has 2 aromatic carbocycles. The van der Waals surface area contributed by atoms with Gasteiger partial charge in [-0.3, -0.25) is 0 Å². The first-order valence-corrected chi connectivity index (χ1v) is 7.30. The molecule has 0 heterocycles. The first kappa shape index (κ1) is 15.7. The van der Waals surface area contributed by atoms with E-state index in [1.165, 1.54) is 5.56 Å². The van der Waals surface area contributed by atoms with Gasteiger partial charge in [0.15, 0.2) is 0 Å². The maximum absolute atomic E-state index is 9.94. The smallest absolute Gasteiger partial charge is 0.119 e. The molecule has 0 fully saturated rings. The number of halogens is 1. The van der Waals surface area contributed by atoms with Crippen LogP contribution in [0.1, 0.15) is 11.1 Å². The van der Waals surface area contributed by atoms with E-state index in [2.05, 4.69) is 5.32 Å². The number of ether oxygens (including phenoxy) is 1. The molecule has 0 saturated carbocycles. The second kappa shape index (κ2) is 7.34. The Balaban J connectivity index is 1.79. The molecule has 2 N–H and O–H groups in total. The summed E-state index contributed by atoms with van der Waals surface area (Å²) < 4.78 is 5.54. The van der Waals surface area contributed by atoms with E-state index in [4.69, 9.17) is 16.3 Å². The monoisotopic (exact) mass is 305 g/mol. The molecule has 3 nitrogen and oxygen atoms in total. The molecular weight excluding hydrogens is 286 g/mol. The molecule has 0 amide bonds. The lowest BCUT2D eigenvalue weighted by molar-refractivity contribution is 0.117. The molecule has 1 atom stereocenters. The van der Waals surface area contributed by atoms with Gasteiger partial charge in [-0.05, 0) is 43.7 Å². The summed E-state index contributed by atoms with van der Waals surface area (Å²) in [5.41, 5.74) is 3.10. The lowest BCUT2D eigenvalue weighted by Crippen LogP contribution is -2.26. The zero-order chi connectivity index (χ0) is 15.2. The molecule has 0 radical (unpaired) electrons. The highest BCUT2D eigenvalue weighted by Crippen LogP contribution is 2.22. The third kappa shape index (κ3) is 4.96. The molecule has 0 aliphatic heterocycles. The van der Waals surface area contributed by atoms with Gasteiger partial charge < -0.3 is 15.2 Å². The minimum atomic E-state index is -0.608. The van der Waals surface area contributed by atoms with Crippen LogP contribution in [0, 0.1) is 13.8 Å². The normalized spacial score (nSPS) is 12.0. The van der Waals surface area contributed by atoms with Crippen LogP contribution in [0.5, 0.6) is 5.75 Å². The number of nitrogens with one attached hydrogen (secondary N) is 1. The average Bonchev–Trinajstić information content (AvgIpc) is 2.46. The SMILES string of the molecule is Cc1ccc(OCC(O)CNc2ccc(C)cc2Cl)cc1. The van der Waals surface area contributed by atoms with Gasteiger partial charge in [-0.15, -0.1) is 0 Å². The maximum Gasteiger partial charge on any atom is 0.119 e. The number of anilines is 1. The summed E-state index contributed by atoms with van der Waals surface area (Å²) in [5, 5.41) is 13.7. The van der Waals surface area contributed by atoms with Crippen molar-refractivity contribution < 1.29 is 9.84 Å². The van der Waals surface area contributed by atoms with Crippen LogP contribution in [-0.4, -0.2) is 24.4 Å². The molecule has 2 aromatic rings. The molecule has 1 unspecified atom stereocenters. The molecule has 0 bridgehead atoms. The lowest BCUT2D eigenvalue weighted by Gasteiger charge is -2.15. The quantitative estimate of drug-likeness (QED) is 0.853. The van der Waals surface area contributed by atoms with Crippen LogP contribution in [0.2, 0.25) is 5.02 Å². The Morgan fingerprint density at radius 2 is 1.76 bits per heavy atom. The summed E-state index contributed by atoms with van der Waals surface area (Å²) in [7, 11) is 0. The van der Waals surface area contributed by atoms with Crippen LogP contribution in [0.15, 0.2) is 42.5 Å². The van der Waals surface area contributed by atoms with Crippen molar-refractivity contribution in [3.8, 4) is 5.75 Å². The van der Waals surface area contributed by atoms with Crippen molar-refractivity contribution in [2.75, 3.05) is 18.5 Å². The van der Waals surface area contributed by atoms with E-state index in [-0.39, 0.29) is 6.61 Å². The molecule has 2 rings (SSSR count). The molecule has 0 spiro atoms. The molecule has 0 aliphatic rings. The van der Waals surface area contributed by atoms with Gasteiger partial charge in [0.1, 0.15) is 18.5 Å². The summed E-state index contributed by atoms with van der Waals surface area (Å²) in [6, 6.07) is 13.5. The third-order valence-corrected chi connectivity index (χ3v) is 3.43. The van der Waals surface area contributed by atoms with E-state index < -0.39 is 6.10 Å². The van der Waals surface area contributed by atoms with Gasteiger partial charge in [0, 0.05) is 6.54 Å². The Hall–Kier alpha value is -1.71. The number of hydrogen-bond acceptors (Lipinski definition) is 3. The van der Waals surface area contributed by atoms with Crippen LogP contribution in [0.4, 0.5) is 5.69 Å². The highest BCUT2D eigenvalue weighted by atomic mass is 35.5. The molecular formula is C17H20ClNO2. The van der Waals surface area contributed by atoms with Gasteiger partial charge in [-0.1, -0.05) is 35.4 Å². The molecule has 4 heteroatoms. The predicted octanol–water partition coefficient (Wildman–Crippen LogP) is 3.81.